The number of nitrogens with one attached hydrogen (secondary N) is 1. The number of carbonyl (C=O) groups excluding carboxylic acids is 2. The van der Waals surface area contributed by atoms with Crippen LogP contribution in [0.3, 0.4) is 0 Å². The molecule has 0 saturated carbocycles. The first-order chi connectivity index (χ1) is 36.2. The number of amides is 1. The summed E-state index contributed by atoms with van der Waals surface area (Å²) in [5.74, 6) is 0.392. The van der Waals surface area contributed by atoms with Crippen LogP contribution in [0, 0.1) is 23.6 Å². The van der Waals surface area contributed by atoms with Gasteiger partial charge in [0.25, 0.3) is 0 Å². The van der Waals surface area contributed by atoms with Crippen molar-refractivity contribution in [3.8, 4) is 0 Å². The summed E-state index contributed by atoms with van der Waals surface area (Å²) < 4.78 is 47.3. The van der Waals surface area contributed by atoms with Gasteiger partial charge in [-0.05, 0) is 72.1 Å². The van der Waals surface area contributed by atoms with E-state index >= 15 is 0 Å². The fourth-order valence-electron chi connectivity index (χ4n) is 10.2. The quantitative estimate of drug-likeness (QED) is 0.0350. The Bertz CT molecular complexity index is 2040. The van der Waals surface area contributed by atoms with E-state index in [0.717, 1.165) is 80.9 Å². The Morgan fingerprint density at radius 3 is 1.59 bits per heavy atom. The molecule has 0 aromatic heterocycles. The topological polar surface area (TPSA) is 92.3 Å². The van der Waals surface area contributed by atoms with Crippen molar-refractivity contribution in [2.24, 2.45) is 17.8 Å². The van der Waals surface area contributed by atoms with Gasteiger partial charge in [-0.2, -0.15) is 0 Å². The molecule has 1 amide bonds. The fourth-order valence-corrected chi connectivity index (χ4v) is 10.2. The molecule has 8 nitrogen and oxygen atoms in total. The number of unbranched alkanes of at least 4 members (excludes halogenated alkanes) is 17. The van der Waals surface area contributed by atoms with Crippen molar-refractivity contribution in [1.29, 1.82) is 0 Å². The lowest BCUT2D eigenvalue weighted by molar-refractivity contribution is -0.262. The van der Waals surface area contributed by atoms with E-state index in [1.165, 1.54) is 76.3 Å². The molecule has 4 aromatic carbocycles. The zero-order chi connectivity index (χ0) is 52.4. The maximum absolute atomic E-state index is 14.2. The first-order valence-corrected chi connectivity index (χ1v) is 29.0. The first-order valence-electron chi connectivity index (χ1n) is 29.0. The van der Waals surface area contributed by atoms with Crippen molar-refractivity contribution >= 4 is 11.7 Å². The molecule has 1 aliphatic rings. The van der Waals surface area contributed by atoms with E-state index in [2.05, 4.69) is 69.4 Å². The van der Waals surface area contributed by atoms with Crippen molar-refractivity contribution in [3.05, 3.63) is 143 Å². The van der Waals surface area contributed by atoms with E-state index in [1.54, 1.807) is 12.1 Å². The largest absolute Gasteiger partial charge is 0.374 e. The highest BCUT2D eigenvalue weighted by Gasteiger charge is 2.41. The van der Waals surface area contributed by atoms with Gasteiger partial charge in [0, 0.05) is 24.3 Å². The highest BCUT2D eigenvalue weighted by atomic mass is 19.1. The molecule has 408 valence electrons. The molecule has 2 unspecified atom stereocenters. The van der Waals surface area contributed by atoms with Gasteiger partial charge in [0.15, 0.2) is 12.1 Å². The monoisotopic (exact) mass is 1020 g/mol. The van der Waals surface area contributed by atoms with Crippen LogP contribution in [-0.2, 0) is 48.3 Å². The zero-order valence-corrected chi connectivity index (χ0v) is 45.9. The highest BCUT2D eigenvalue weighted by molar-refractivity contribution is 5.95. The molecule has 1 heterocycles. The van der Waals surface area contributed by atoms with Crippen LogP contribution in [-0.4, -0.2) is 55.5 Å². The summed E-state index contributed by atoms with van der Waals surface area (Å²) >= 11 is 0. The summed E-state index contributed by atoms with van der Waals surface area (Å²) in [6, 6.07) is 36.1. The molecule has 1 fully saturated rings. The van der Waals surface area contributed by atoms with Crippen LogP contribution in [0.5, 0.6) is 0 Å². The first kappa shape index (κ1) is 60.6. The van der Waals surface area contributed by atoms with Crippen molar-refractivity contribution in [1.82, 2.24) is 5.32 Å². The van der Waals surface area contributed by atoms with Gasteiger partial charge in [0.2, 0.25) is 5.91 Å². The van der Waals surface area contributed by atoms with Crippen LogP contribution >= 0.6 is 0 Å². The summed E-state index contributed by atoms with van der Waals surface area (Å²) in [6.45, 7) is 11.0. The average Bonchev–Trinajstić information content (AvgIpc) is 3.42. The van der Waals surface area contributed by atoms with Gasteiger partial charge < -0.3 is 29.0 Å². The van der Waals surface area contributed by atoms with Gasteiger partial charge in [-0.1, -0.05) is 228 Å². The predicted octanol–water partition coefficient (Wildman–Crippen LogP) is 16.1. The number of Topliss-reactive ketones (excluding diaryl/α,β-unsaturated/α-hetero) is 1. The molecule has 1 N–H and O–H groups in total. The van der Waals surface area contributed by atoms with Crippen LogP contribution in [0.15, 0.2) is 115 Å². The number of benzene rings is 4. The van der Waals surface area contributed by atoms with Crippen molar-refractivity contribution in [2.75, 3.05) is 13.2 Å². The van der Waals surface area contributed by atoms with Gasteiger partial charge >= 0.3 is 0 Å². The Hall–Kier alpha value is -4.25. The number of ketones is 1. The number of hydrogen-bond acceptors (Lipinski definition) is 7. The lowest BCUT2D eigenvalue weighted by Crippen LogP contribution is -2.54. The fraction of sp³-hybridized carbons (Fsp3) is 0.600. The molecule has 0 radical (unpaired) electrons. The molecule has 9 heteroatoms. The van der Waals surface area contributed by atoms with Gasteiger partial charge in [-0.25, -0.2) is 4.39 Å². The summed E-state index contributed by atoms with van der Waals surface area (Å²) in [4.78, 5) is 26.7. The molecule has 74 heavy (non-hydrogen) atoms. The zero-order valence-electron chi connectivity index (χ0n) is 45.9. The molecular formula is C65H94FNO7. The second-order valence-electron chi connectivity index (χ2n) is 21.3. The van der Waals surface area contributed by atoms with Crippen LogP contribution in [0.2, 0.25) is 0 Å². The van der Waals surface area contributed by atoms with Crippen molar-refractivity contribution in [3.63, 3.8) is 0 Å². The second kappa shape index (κ2) is 36.7. The van der Waals surface area contributed by atoms with E-state index in [4.69, 9.17) is 23.7 Å². The van der Waals surface area contributed by atoms with E-state index in [9.17, 15) is 14.0 Å². The van der Waals surface area contributed by atoms with Gasteiger partial charge in [-0.3, -0.25) is 9.59 Å². The molecule has 1 aliphatic heterocycles. The van der Waals surface area contributed by atoms with E-state index < -0.39 is 18.4 Å². The van der Waals surface area contributed by atoms with Crippen LogP contribution < -0.4 is 5.32 Å². The third-order valence-corrected chi connectivity index (χ3v) is 15.3. The normalized spacial score (nSPS) is 19.0. The van der Waals surface area contributed by atoms with Crippen molar-refractivity contribution < 1.29 is 37.7 Å². The Balaban J connectivity index is 1.26. The number of rotatable bonds is 40. The minimum Gasteiger partial charge on any atom is -0.374 e. The summed E-state index contributed by atoms with van der Waals surface area (Å²) in [5.41, 5.74) is 3.85. The third-order valence-electron chi connectivity index (χ3n) is 15.3. The van der Waals surface area contributed by atoms with E-state index in [-0.39, 0.29) is 48.2 Å². The number of ether oxygens (including phenoxy) is 5. The van der Waals surface area contributed by atoms with Crippen LogP contribution in [0.25, 0.3) is 0 Å². The van der Waals surface area contributed by atoms with Gasteiger partial charge in [0.1, 0.15) is 11.9 Å². The molecular weight excluding hydrogens is 926 g/mol. The minimum absolute atomic E-state index is 0.0230. The second-order valence-corrected chi connectivity index (χ2v) is 21.3. The summed E-state index contributed by atoms with van der Waals surface area (Å²) in [5, 5.41) is 3.46. The standard InChI is InChI=1S/C65H94FNO7/c1-5-6-7-8-9-10-11-12-13-16-19-31-40-61(71-47-55-35-26-22-27-36-55)64(72-48-56-37-28-23-29-38-56)59(49-73-65-53(4)51(2)52(3)62(74-65)50-70-46-54-33-24-21-25-34-54)67-63(69)41-32-20-17-14-15-18-30-39-60(68)57-42-44-58(66)45-43-57/h21-29,33-38,42-45,51-53,59,61-62,64-65H,5-20,30-32,39-41,46-50H2,1-4H3,(H,67,69)/t51-,52+,53?,59-,61+,62?,64-,65-/m0/s1. The van der Waals surface area contributed by atoms with Gasteiger partial charge in [0.05, 0.1) is 51.3 Å². The number of hydrogen-bond donors (Lipinski definition) is 1. The molecule has 4 aromatic rings. The van der Waals surface area contributed by atoms with Crippen LogP contribution in [0.4, 0.5) is 4.39 Å². The SMILES string of the molecule is CCCCCCCCCCCCCC[C@@H](OCc1ccccc1)[C@@H](OCc1ccccc1)[C@H](CO[C@H]1OC(COCc2ccccc2)[C@H](C)[C@H](C)C1C)NC(=O)CCCCCCCCCC(=O)c1ccc(F)cc1. The number of carbonyl (C=O) groups is 2. The van der Waals surface area contributed by atoms with E-state index in [0.29, 0.717) is 50.8 Å². The summed E-state index contributed by atoms with van der Waals surface area (Å²) in [6.07, 6.45) is 22.0. The minimum atomic E-state index is -0.514. The predicted molar refractivity (Wildman–Crippen MR) is 298 cm³/mol. The maximum Gasteiger partial charge on any atom is 0.220 e. The molecule has 0 bridgehead atoms. The molecule has 0 aliphatic carbocycles. The Morgan fingerprint density at radius 2 is 1.04 bits per heavy atom. The highest BCUT2D eigenvalue weighted by Crippen LogP contribution is 2.36. The number of halogens is 1. The maximum atomic E-state index is 14.2. The average molecular weight is 1020 g/mol. The Kier molecular flexibility index (Phi) is 30.0. The lowest BCUT2D eigenvalue weighted by atomic mass is 9.79. The lowest BCUT2D eigenvalue weighted by Gasteiger charge is -2.44. The molecule has 8 atom stereocenters. The Morgan fingerprint density at radius 1 is 0.554 bits per heavy atom. The Labute approximate surface area is 446 Å². The van der Waals surface area contributed by atoms with Gasteiger partial charge in [-0.15, -0.1) is 0 Å². The summed E-state index contributed by atoms with van der Waals surface area (Å²) in [7, 11) is 0. The van der Waals surface area contributed by atoms with E-state index in [1.807, 2.05) is 54.6 Å². The molecule has 0 spiro atoms. The third kappa shape index (κ3) is 23.7. The van der Waals surface area contributed by atoms with Crippen molar-refractivity contribution in [2.45, 2.75) is 219 Å². The smallest absolute Gasteiger partial charge is 0.220 e. The molecule has 1 saturated heterocycles. The van der Waals surface area contributed by atoms with Crippen LogP contribution in [0.1, 0.15) is 196 Å². The molecule has 5 rings (SSSR count).